The van der Waals surface area contributed by atoms with Gasteiger partial charge in [0.1, 0.15) is 18.2 Å². The molecule has 2 aromatic carbocycles. The maximum Gasteiger partial charge on any atom is 0.407 e. The third kappa shape index (κ3) is 4.34. The molecule has 1 amide bonds. The lowest BCUT2D eigenvalue weighted by Gasteiger charge is -2.24. The highest BCUT2D eigenvalue weighted by molar-refractivity contribution is 5.82. The molecule has 1 atom stereocenters. The second-order valence-electron chi connectivity index (χ2n) is 7.79. The zero-order valence-electron chi connectivity index (χ0n) is 16.4. The quantitative estimate of drug-likeness (QED) is 0.775. The topological polar surface area (TPSA) is 90.6 Å². The van der Waals surface area contributed by atoms with Gasteiger partial charge >= 0.3 is 12.1 Å². The lowest BCUT2D eigenvalue weighted by atomic mass is 9.98. The first kappa shape index (κ1) is 19.9. The number of carbonyl (C=O) groups is 2. The fourth-order valence-electron chi connectivity index (χ4n) is 3.37. The van der Waals surface area contributed by atoms with E-state index in [1.807, 2.05) is 36.4 Å². The first-order valence-corrected chi connectivity index (χ1v) is 9.34. The first-order valence-electron chi connectivity index (χ1n) is 9.34. The predicted molar refractivity (Wildman–Crippen MR) is 107 cm³/mol. The van der Waals surface area contributed by atoms with Gasteiger partial charge in [0.2, 0.25) is 0 Å². The molecule has 2 aromatic rings. The van der Waals surface area contributed by atoms with Crippen molar-refractivity contribution in [2.75, 3.05) is 13.2 Å². The molecule has 0 radical (unpaired) electrons. The molecule has 148 valence electrons. The second-order valence-corrected chi connectivity index (χ2v) is 7.79. The molecular formula is C22H26N2O4. The van der Waals surface area contributed by atoms with Crippen LogP contribution in [0.5, 0.6) is 0 Å². The highest BCUT2D eigenvalue weighted by Crippen LogP contribution is 2.44. The van der Waals surface area contributed by atoms with E-state index in [1.54, 1.807) is 20.8 Å². The normalized spacial score (nSPS) is 14.0. The molecule has 0 fully saturated rings. The molecule has 0 saturated carbocycles. The van der Waals surface area contributed by atoms with Crippen LogP contribution in [0.4, 0.5) is 4.79 Å². The van der Waals surface area contributed by atoms with Crippen molar-refractivity contribution in [1.29, 1.82) is 0 Å². The maximum absolute atomic E-state index is 12.3. The minimum Gasteiger partial charge on any atom is -0.458 e. The molecular weight excluding hydrogens is 356 g/mol. The summed E-state index contributed by atoms with van der Waals surface area (Å²) in [6.07, 6.45) is -0.692. The Labute approximate surface area is 165 Å². The van der Waals surface area contributed by atoms with E-state index in [4.69, 9.17) is 15.2 Å². The summed E-state index contributed by atoms with van der Waals surface area (Å²) in [6.45, 7) is 5.37. The molecule has 0 heterocycles. The van der Waals surface area contributed by atoms with E-state index in [2.05, 4.69) is 17.4 Å². The van der Waals surface area contributed by atoms with E-state index in [0.29, 0.717) is 0 Å². The van der Waals surface area contributed by atoms with E-state index >= 15 is 0 Å². The van der Waals surface area contributed by atoms with Crippen molar-refractivity contribution in [1.82, 2.24) is 5.32 Å². The SMILES string of the molecule is CC(C)(C)OC(=O)C(CN)NC(=O)OCC1c2ccccc2-c2ccccc21. The molecule has 6 nitrogen and oxygen atoms in total. The highest BCUT2D eigenvalue weighted by Gasteiger charge is 2.30. The summed E-state index contributed by atoms with van der Waals surface area (Å²) in [5.74, 6) is -0.625. The van der Waals surface area contributed by atoms with Gasteiger partial charge in [-0.05, 0) is 43.0 Å². The Morgan fingerprint density at radius 1 is 1.04 bits per heavy atom. The molecule has 1 unspecified atom stereocenters. The number of esters is 1. The van der Waals surface area contributed by atoms with Crippen molar-refractivity contribution in [2.45, 2.75) is 38.3 Å². The van der Waals surface area contributed by atoms with Crippen molar-refractivity contribution in [3.63, 3.8) is 0 Å². The van der Waals surface area contributed by atoms with E-state index in [1.165, 1.54) is 0 Å². The third-order valence-corrected chi connectivity index (χ3v) is 4.56. The van der Waals surface area contributed by atoms with Crippen molar-refractivity contribution >= 4 is 12.1 Å². The summed E-state index contributed by atoms with van der Waals surface area (Å²) in [5, 5.41) is 2.50. The Hall–Kier alpha value is -2.86. The van der Waals surface area contributed by atoms with Gasteiger partial charge in [-0.1, -0.05) is 48.5 Å². The number of rotatable bonds is 5. The van der Waals surface area contributed by atoms with Gasteiger partial charge in [0.05, 0.1) is 0 Å². The number of ether oxygens (including phenoxy) is 2. The van der Waals surface area contributed by atoms with Crippen LogP contribution in [0.1, 0.15) is 37.8 Å². The summed E-state index contributed by atoms with van der Waals surface area (Å²) in [5.41, 5.74) is 9.51. The third-order valence-electron chi connectivity index (χ3n) is 4.56. The summed E-state index contributed by atoms with van der Waals surface area (Å²) >= 11 is 0. The van der Waals surface area contributed by atoms with Gasteiger partial charge in [-0.15, -0.1) is 0 Å². The van der Waals surface area contributed by atoms with Gasteiger partial charge in [-0.25, -0.2) is 9.59 Å². The Bertz CT molecular complexity index is 827. The minimum absolute atomic E-state index is 0.0454. The summed E-state index contributed by atoms with van der Waals surface area (Å²) < 4.78 is 10.7. The number of alkyl carbamates (subject to hydrolysis) is 1. The van der Waals surface area contributed by atoms with Crippen LogP contribution in [0.3, 0.4) is 0 Å². The Morgan fingerprint density at radius 3 is 2.07 bits per heavy atom. The Morgan fingerprint density at radius 2 is 1.57 bits per heavy atom. The van der Waals surface area contributed by atoms with Crippen LogP contribution in [0.25, 0.3) is 11.1 Å². The van der Waals surface area contributed by atoms with Crippen molar-refractivity contribution in [2.24, 2.45) is 5.73 Å². The fraction of sp³-hybridized carbons (Fsp3) is 0.364. The Kier molecular flexibility index (Phi) is 5.70. The number of benzene rings is 2. The summed E-state index contributed by atoms with van der Waals surface area (Å²) in [7, 11) is 0. The lowest BCUT2D eigenvalue weighted by molar-refractivity contribution is -0.157. The zero-order chi connectivity index (χ0) is 20.3. The van der Waals surface area contributed by atoms with E-state index < -0.39 is 23.7 Å². The van der Waals surface area contributed by atoms with Crippen molar-refractivity contribution in [3.05, 3.63) is 59.7 Å². The van der Waals surface area contributed by atoms with E-state index in [9.17, 15) is 9.59 Å². The molecule has 0 saturated heterocycles. The molecule has 1 aliphatic carbocycles. The van der Waals surface area contributed by atoms with Crippen LogP contribution >= 0.6 is 0 Å². The number of nitrogens with one attached hydrogen (secondary N) is 1. The van der Waals surface area contributed by atoms with E-state index in [-0.39, 0.29) is 19.1 Å². The molecule has 0 spiro atoms. The standard InChI is InChI=1S/C22H26N2O4/c1-22(2,3)28-20(25)19(12-23)24-21(26)27-13-18-16-10-6-4-8-14(16)15-9-5-7-11-17(15)18/h4-11,18-19H,12-13,23H2,1-3H3,(H,24,26). The number of hydrogen-bond donors (Lipinski definition) is 2. The van der Waals surface area contributed by atoms with Crippen LogP contribution in [-0.2, 0) is 14.3 Å². The molecule has 0 bridgehead atoms. The minimum atomic E-state index is -0.949. The molecule has 0 aliphatic heterocycles. The smallest absolute Gasteiger partial charge is 0.407 e. The van der Waals surface area contributed by atoms with E-state index in [0.717, 1.165) is 22.3 Å². The van der Waals surface area contributed by atoms with Crippen LogP contribution in [-0.4, -0.2) is 36.9 Å². The number of fused-ring (bicyclic) bond motifs is 3. The van der Waals surface area contributed by atoms with Crippen LogP contribution in [0.2, 0.25) is 0 Å². The number of amides is 1. The maximum atomic E-state index is 12.3. The molecule has 0 aromatic heterocycles. The molecule has 28 heavy (non-hydrogen) atoms. The van der Waals surface area contributed by atoms with Crippen LogP contribution in [0.15, 0.2) is 48.5 Å². The summed E-state index contributed by atoms with van der Waals surface area (Å²) in [4.78, 5) is 24.4. The average molecular weight is 382 g/mol. The van der Waals surface area contributed by atoms with Crippen LogP contribution in [0, 0.1) is 0 Å². The molecule has 1 aliphatic rings. The Balaban J connectivity index is 1.65. The van der Waals surface area contributed by atoms with Crippen LogP contribution < -0.4 is 11.1 Å². The molecule has 3 rings (SSSR count). The van der Waals surface area contributed by atoms with Gasteiger partial charge < -0.3 is 20.5 Å². The van der Waals surface area contributed by atoms with Gasteiger partial charge in [0.15, 0.2) is 0 Å². The number of hydrogen-bond acceptors (Lipinski definition) is 5. The van der Waals surface area contributed by atoms with Crippen molar-refractivity contribution < 1.29 is 19.1 Å². The molecule has 6 heteroatoms. The second kappa shape index (κ2) is 8.02. The van der Waals surface area contributed by atoms with Gasteiger partial charge in [0, 0.05) is 12.5 Å². The number of nitrogens with two attached hydrogens (primary N) is 1. The number of carbonyl (C=O) groups excluding carboxylic acids is 2. The highest BCUT2D eigenvalue weighted by atomic mass is 16.6. The lowest BCUT2D eigenvalue weighted by Crippen LogP contribution is -2.48. The monoisotopic (exact) mass is 382 g/mol. The first-order chi connectivity index (χ1) is 13.3. The fourth-order valence-corrected chi connectivity index (χ4v) is 3.37. The van der Waals surface area contributed by atoms with Gasteiger partial charge in [-0.2, -0.15) is 0 Å². The predicted octanol–water partition coefficient (Wildman–Crippen LogP) is 3.19. The van der Waals surface area contributed by atoms with Gasteiger partial charge in [0.25, 0.3) is 0 Å². The molecule has 3 N–H and O–H groups in total. The van der Waals surface area contributed by atoms with Gasteiger partial charge in [-0.3, -0.25) is 0 Å². The van der Waals surface area contributed by atoms with Crippen molar-refractivity contribution in [3.8, 4) is 11.1 Å². The summed E-state index contributed by atoms with van der Waals surface area (Å²) in [6, 6.07) is 15.2. The zero-order valence-corrected chi connectivity index (χ0v) is 16.4. The largest absolute Gasteiger partial charge is 0.458 e. The average Bonchev–Trinajstić information content (AvgIpc) is 2.97.